The van der Waals surface area contributed by atoms with E-state index in [2.05, 4.69) is 27.8 Å². The lowest BCUT2D eigenvalue weighted by Crippen LogP contribution is -2.40. The fraction of sp³-hybridized carbons (Fsp3) is 0.333. The van der Waals surface area contributed by atoms with E-state index in [9.17, 15) is 4.79 Å². The van der Waals surface area contributed by atoms with Crippen molar-refractivity contribution >= 4 is 17.6 Å². The van der Waals surface area contributed by atoms with Crippen LogP contribution in [0.25, 0.3) is 0 Å². The molecule has 1 aromatic carbocycles. The highest BCUT2D eigenvalue weighted by Crippen LogP contribution is 2.47. The van der Waals surface area contributed by atoms with E-state index in [1.165, 1.54) is 5.56 Å². The Bertz CT molecular complexity index is 654. The van der Waals surface area contributed by atoms with Gasteiger partial charge in [0, 0.05) is 41.8 Å². The molecule has 1 aliphatic carbocycles. The Labute approximate surface area is 141 Å². The molecule has 2 aromatic rings. The van der Waals surface area contributed by atoms with Crippen molar-refractivity contribution in [3.8, 4) is 0 Å². The van der Waals surface area contributed by atoms with Crippen LogP contribution in [0.15, 0.2) is 48.7 Å². The van der Waals surface area contributed by atoms with Crippen molar-refractivity contribution in [1.29, 1.82) is 0 Å². The van der Waals surface area contributed by atoms with Gasteiger partial charge in [0.1, 0.15) is 0 Å². The maximum absolute atomic E-state index is 11.9. The molecule has 0 spiro atoms. The number of hydrogen-bond donors (Lipinski definition) is 2. The highest BCUT2D eigenvalue weighted by Gasteiger charge is 2.44. The zero-order valence-corrected chi connectivity index (χ0v) is 13.6. The molecule has 0 saturated heterocycles. The van der Waals surface area contributed by atoms with Crippen LogP contribution in [0.5, 0.6) is 0 Å². The second-order valence-electron chi connectivity index (χ2n) is 5.97. The number of aromatic nitrogens is 1. The van der Waals surface area contributed by atoms with Crippen LogP contribution >= 0.6 is 11.6 Å². The zero-order valence-electron chi connectivity index (χ0n) is 12.9. The minimum atomic E-state index is -0.124. The number of nitrogens with one attached hydrogen (secondary N) is 2. The molecule has 2 amide bonds. The van der Waals surface area contributed by atoms with Gasteiger partial charge < -0.3 is 10.6 Å². The molecule has 0 aliphatic heterocycles. The van der Waals surface area contributed by atoms with E-state index in [1.54, 1.807) is 6.20 Å². The van der Waals surface area contributed by atoms with Crippen LogP contribution in [0, 0.1) is 0 Å². The predicted octanol–water partition coefficient (Wildman–Crippen LogP) is 3.31. The summed E-state index contributed by atoms with van der Waals surface area (Å²) in [5, 5.41) is 6.60. The average molecular weight is 330 g/mol. The third kappa shape index (κ3) is 4.23. The van der Waals surface area contributed by atoms with Crippen molar-refractivity contribution in [3.05, 3.63) is 64.9 Å². The van der Waals surface area contributed by atoms with Crippen LogP contribution in [0.2, 0.25) is 5.02 Å². The van der Waals surface area contributed by atoms with Gasteiger partial charge in [0.2, 0.25) is 0 Å². The molecule has 3 rings (SSSR count). The lowest BCUT2D eigenvalue weighted by atomic mass is 9.96. The van der Waals surface area contributed by atoms with E-state index < -0.39 is 0 Å². The maximum Gasteiger partial charge on any atom is 0.314 e. The largest absolute Gasteiger partial charge is 0.338 e. The first kappa shape index (κ1) is 15.8. The first-order chi connectivity index (χ1) is 11.2. The van der Waals surface area contributed by atoms with E-state index in [-0.39, 0.29) is 11.4 Å². The van der Waals surface area contributed by atoms with Crippen molar-refractivity contribution in [2.45, 2.75) is 24.7 Å². The van der Waals surface area contributed by atoms with Gasteiger partial charge in [0.15, 0.2) is 0 Å². The second kappa shape index (κ2) is 7.01. The Kier molecular flexibility index (Phi) is 4.82. The molecule has 2 N–H and O–H groups in total. The van der Waals surface area contributed by atoms with Gasteiger partial charge in [-0.2, -0.15) is 0 Å². The number of urea groups is 1. The fourth-order valence-electron chi connectivity index (χ4n) is 2.68. The summed E-state index contributed by atoms with van der Waals surface area (Å²) in [6, 6.07) is 13.6. The normalized spacial score (nSPS) is 15.0. The van der Waals surface area contributed by atoms with Crippen LogP contribution in [-0.4, -0.2) is 24.1 Å². The van der Waals surface area contributed by atoms with E-state index >= 15 is 0 Å². The van der Waals surface area contributed by atoms with Crippen molar-refractivity contribution in [1.82, 2.24) is 15.6 Å². The van der Waals surface area contributed by atoms with Gasteiger partial charge in [-0.25, -0.2) is 4.79 Å². The van der Waals surface area contributed by atoms with Crippen LogP contribution < -0.4 is 10.6 Å². The molecule has 23 heavy (non-hydrogen) atoms. The van der Waals surface area contributed by atoms with Gasteiger partial charge in [-0.05, 0) is 42.7 Å². The quantitative estimate of drug-likeness (QED) is 0.854. The van der Waals surface area contributed by atoms with Gasteiger partial charge >= 0.3 is 6.03 Å². The zero-order chi connectivity index (χ0) is 16.1. The number of carbonyl (C=O) groups is 1. The molecule has 0 atom stereocenters. The van der Waals surface area contributed by atoms with Gasteiger partial charge in [0.25, 0.3) is 0 Å². The summed E-state index contributed by atoms with van der Waals surface area (Å²) >= 11 is 5.93. The molecule has 5 heteroatoms. The Hall–Kier alpha value is -2.07. The molecule has 1 saturated carbocycles. The summed E-state index contributed by atoms with van der Waals surface area (Å²) in [6.45, 7) is 1.24. The molecule has 0 unspecified atom stereocenters. The first-order valence-corrected chi connectivity index (χ1v) is 8.23. The molecule has 1 fully saturated rings. The van der Waals surface area contributed by atoms with Gasteiger partial charge in [-0.1, -0.05) is 29.8 Å². The summed E-state index contributed by atoms with van der Waals surface area (Å²) in [4.78, 5) is 16.2. The minimum Gasteiger partial charge on any atom is -0.338 e. The van der Waals surface area contributed by atoms with Crippen LogP contribution in [0.4, 0.5) is 4.79 Å². The molecule has 1 heterocycles. The summed E-state index contributed by atoms with van der Waals surface area (Å²) in [7, 11) is 0. The third-order valence-corrected chi connectivity index (χ3v) is 4.54. The smallest absolute Gasteiger partial charge is 0.314 e. The number of rotatable bonds is 6. The lowest BCUT2D eigenvalue weighted by molar-refractivity contribution is 0.240. The minimum absolute atomic E-state index is 0.0862. The molecular weight excluding hydrogens is 310 g/mol. The molecule has 0 radical (unpaired) electrons. The van der Waals surface area contributed by atoms with Gasteiger partial charge in [-0.15, -0.1) is 0 Å². The standard InChI is InChI=1S/C18H20ClN3O/c19-15-6-4-14(5-7-15)18(9-10-18)13-22-17(23)21-12-8-16-3-1-2-11-20-16/h1-7,11H,8-10,12-13H2,(H2,21,22,23). The lowest BCUT2D eigenvalue weighted by Gasteiger charge is -2.17. The van der Waals surface area contributed by atoms with Crippen molar-refractivity contribution in [3.63, 3.8) is 0 Å². The number of carbonyl (C=O) groups excluding carboxylic acids is 1. The number of amides is 2. The Morgan fingerprint density at radius 2 is 1.91 bits per heavy atom. The predicted molar refractivity (Wildman–Crippen MR) is 91.7 cm³/mol. The average Bonchev–Trinajstić information content (AvgIpc) is 3.36. The van der Waals surface area contributed by atoms with Crippen LogP contribution in [0.3, 0.4) is 0 Å². The number of pyridine rings is 1. The SMILES string of the molecule is O=C(NCCc1ccccn1)NCC1(c2ccc(Cl)cc2)CC1. The molecular formula is C18H20ClN3O. The van der Waals surface area contributed by atoms with Crippen molar-refractivity contribution in [2.75, 3.05) is 13.1 Å². The van der Waals surface area contributed by atoms with Gasteiger partial charge in [0.05, 0.1) is 0 Å². The topological polar surface area (TPSA) is 54.0 Å². The molecule has 4 nitrogen and oxygen atoms in total. The molecule has 1 aromatic heterocycles. The van der Waals surface area contributed by atoms with Gasteiger partial charge in [-0.3, -0.25) is 4.98 Å². The summed E-state index contributed by atoms with van der Waals surface area (Å²) in [5.74, 6) is 0. The summed E-state index contributed by atoms with van der Waals surface area (Å²) in [6.07, 6.45) is 4.70. The van der Waals surface area contributed by atoms with Crippen LogP contribution in [0.1, 0.15) is 24.1 Å². The first-order valence-electron chi connectivity index (χ1n) is 7.86. The summed E-state index contributed by atoms with van der Waals surface area (Å²) in [5.41, 5.74) is 2.31. The van der Waals surface area contributed by atoms with E-state index in [1.807, 2.05) is 30.3 Å². The highest BCUT2D eigenvalue weighted by atomic mass is 35.5. The Morgan fingerprint density at radius 3 is 2.57 bits per heavy atom. The highest BCUT2D eigenvalue weighted by molar-refractivity contribution is 6.30. The van der Waals surface area contributed by atoms with Crippen molar-refractivity contribution in [2.24, 2.45) is 0 Å². The monoisotopic (exact) mass is 329 g/mol. The number of nitrogens with zero attached hydrogens (tertiary/aromatic N) is 1. The molecule has 120 valence electrons. The van der Waals surface area contributed by atoms with E-state index in [0.717, 1.165) is 30.0 Å². The molecule has 0 bridgehead atoms. The van der Waals surface area contributed by atoms with Crippen LogP contribution in [-0.2, 0) is 11.8 Å². The Morgan fingerprint density at radius 1 is 1.13 bits per heavy atom. The fourth-order valence-corrected chi connectivity index (χ4v) is 2.81. The maximum atomic E-state index is 11.9. The number of halogens is 1. The van der Waals surface area contributed by atoms with Crippen molar-refractivity contribution < 1.29 is 4.79 Å². The third-order valence-electron chi connectivity index (χ3n) is 4.29. The molecule has 1 aliphatic rings. The second-order valence-corrected chi connectivity index (χ2v) is 6.40. The number of benzene rings is 1. The Balaban J connectivity index is 1.43. The number of hydrogen-bond acceptors (Lipinski definition) is 2. The van der Waals surface area contributed by atoms with E-state index in [4.69, 9.17) is 11.6 Å². The summed E-state index contributed by atoms with van der Waals surface area (Å²) < 4.78 is 0. The van der Waals surface area contributed by atoms with E-state index in [0.29, 0.717) is 13.1 Å².